The summed E-state index contributed by atoms with van der Waals surface area (Å²) in [7, 11) is 5.18. The first-order chi connectivity index (χ1) is 13.0. The molecule has 0 aliphatic heterocycles. The lowest BCUT2D eigenvalue weighted by atomic mass is 9.83. The zero-order valence-electron chi connectivity index (χ0n) is 17.6. The normalized spacial score (nSPS) is 15.5. The van der Waals surface area contributed by atoms with Crippen molar-refractivity contribution in [2.24, 2.45) is 10.4 Å². The summed E-state index contributed by atoms with van der Waals surface area (Å²) >= 11 is 0. The molecule has 1 aromatic rings. The fourth-order valence-electron chi connectivity index (χ4n) is 3.44. The Labute approximate surface area is 186 Å². The Hall–Kier alpha value is -1.51. The molecule has 2 rings (SSSR count). The highest BCUT2D eigenvalue weighted by Gasteiger charge is 2.31. The van der Waals surface area contributed by atoms with Gasteiger partial charge in [0, 0.05) is 20.6 Å². The maximum Gasteiger partial charge on any atom is 0.241 e. The quantitative estimate of drug-likeness (QED) is 0.325. The van der Waals surface area contributed by atoms with E-state index in [9.17, 15) is 4.79 Å². The predicted molar refractivity (Wildman–Crippen MR) is 125 cm³/mol. The van der Waals surface area contributed by atoms with Gasteiger partial charge in [-0.2, -0.15) is 0 Å². The van der Waals surface area contributed by atoms with E-state index < -0.39 is 0 Å². The summed E-state index contributed by atoms with van der Waals surface area (Å²) in [6, 6.07) is 7.89. The van der Waals surface area contributed by atoms with Gasteiger partial charge < -0.3 is 20.3 Å². The van der Waals surface area contributed by atoms with Crippen LogP contribution in [-0.4, -0.2) is 51.1 Å². The number of nitrogens with one attached hydrogen (secondary N) is 2. The van der Waals surface area contributed by atoms with E-state index >= 15 is 0 Å². The third kappa shape index (κ3) is 7.48. The Morgan fingerprint density at radius 3 is 2.36 bits per heavy atom. The van der Waals surface area contributed by atoms with E-state index in [2.05, 4.69) is 22.5 Å². The Kier molecular flexibility index (Phi) is 10.6. The van der Waals surface area contributed by atoms with Crippen LogP contribution in [-0.2, 0) is 11.3 Å². The summed E-state index contributed by atoms with van der Waals surface area (Å²) in [5.74, 6) is 1.56. The van der Waals surface area contributed by atoms with Crippen LogP contribution >= 0.6 is 24.0 Å². The largest absolute Gasteiger partial charge is 0.497 e. The first-order valence-corrected chi connectivity index (χ1v) is 9.83. The molecule has 1 aliphatic rings. The van der Waals surface area contributed by atoms with Gasteiger partial charge in [0.15, 0.2) is 5.96 Å². The molecule has 0 atom stereocenters. The zero-order chi connectivity index (χ0) is 19.7. The molecule has 0 heterocycles. The minimum absolute atomic E-state index is 0. The third-order valence-corrected chi connectivity index (χ3v) is 5.53. The second kappa shape index (κ2) is 12.1. The summed E-state index contributed by atoms with van der Waals surface area (Å²) < 4.78 is 5.20. The topological polar surface area (TPSA) is 66.0 Å². The van der Waals surface area contributed by atoms with Crippen molar-refractivity contribution in [2.75, 3.05) is 34.3 Å². The number of likely N-dealkylation sites (N-methyl/N-ethyl adjacent to an activating group) is 1. The van der Waals surface area contributed by atoms with Crippen LogP contribution in [0.5, 0.6) is 5.75 Å². The van der Waals surface area contributed by atoms with E-state index in [1.54, 1.807) is 26.1 Å². The van der Waals surface area contributed by atoms with E-state index in [0.29, 0.717) is 17.9 Å². The van der Waals surface area contributed by atoms with Gasteiger partial charge in [-0.15, -0.1) is 24.0 Å². The lowest BCUT2D eigenvalue weighted by Crippen LogP contribution is -2.46. The zero-order valence-corrected chi connectivity index (χ0v) is 19.9. The maximum atomic E-state index is 11.9. The monoisotopic (exact) mass is 502 g/mol. The van der Waals surface area contributed by atoms with Crippen LogP contribution in [0.4, 0.5) is 0 Å². The molecule has 0 radical (unpaired) electrons. The van der Waals surface area contributed by atoms with Gasteiger partial charge in [-0.3, -0.25) is 4.79 Å². The molecule has 1 aromatic carbocycles. The third-order valence-electron chi connectivity index (χ3n) is 5.53. The number of guanidine groups is 1. The molecule has 1 amide bonds. The standard InChI is InChI=1S/C21H34N4O2.HI/c1-5-21(12-6-7-13-21)16-24-20(23-15-19(26)25(2)3)22-14-17-8-10-18(27-4)11-9-17;/h8-11H,5-7,12-16H2,1-4H3,(H2,22,23,24);1H. The predicted octanol–water partition coefficient (Wildman–Crippen LogP) is 3.41. The minimum atomic E-state index is 0. The molecular weight excluding hydrogens is 467 g/mol. The first kappa shape index (κ1) is 24.5. The van der Waals surface area contributed by atoms with Gasteiger partial charge in [0.05, 0.1) is 20.2 Å². The average Bonchev–Trinajstić information content (AvgIpc) is 3.17. The number of hydrogen-bond donors (Lipinski definition) is 2. The molecule has 0 spiro atoms. The van der Waals surface area contributed by atoms with Crippen molar-refractivity contribution in [3.8, 4) is 5.75 Å². The Morgan fingerprint density at radius 2 is 1.82 bits per heavy atom. The summed E-state index contributed by atoms with van der Waals surface area (Å²) in [6.45, 7) is 3.95. The van der Waals surface area contributed by atoms with Gasteiger partial charge in [-0.25, -0.2) is 4.99 Å². The first-order valence-electron chi connectivity index (χ1n) is 9.83. The molecule has 1 fully saturated rings. The van der Waals surface area contributed by atoms with Crippen molar-refractivity contribution >= 4 is 35.8 Å². The van der Waals surface area contributed by atoms with Crippen LogP contribution in [0, 0.1) is 5.41 Å². The molecular formula is C21H35IN4O2. The number of rotatable bonds is 8. The number of methoxy groups -OCH3 is 1. The summed E-state index contributed by atoms with van der Waals surface area (Å²) in [5.41, 5.74) is 1.45. The molecule has 1 saturated carbocycles. The van der Waals surface area contributed by atoms with E-state index in [-0.39, 0.29) is 36.4 Å². The highest BCUT2D eigenvalue weighted by molar-refractivity contribution is 14.0. The van der Waals surface area contributed by atoms with Gasteiger partial charge >= 0.3 is 0 Å². The van der Waals surface area contributed by atoms with E-state index in [1.165, 1.54) is 32.1 Å². The summed E-state index contributed by atoms with van der Waals surface area (Å²) in [5, 5.41) is 6.67. The van der Waals surface area contributed by atoms with E-state index in [0.717, 1.165) is 17.9 Å². The average molecular weight is 502 g/mol. The number of nitrogens with zero attached hydrogens (tertiary/aromatic N) is 2. The molecule has 28 heavy (non-hydrogen) atoms. The SMILES string of the molecule is CCC1(CNC(=NCc2ccc(OC)cc2)NCC(=O)N(C)C)CCCC1.I. The molecule has 158 valence electrons. The molecule has 0 aromatic heterocycles. The number of amides is 1. The number of benzene rings is 1. The fourth-order valence-corrected chi connectivity index (χ4v) is 3.44. The van der Waals surface area contributed by atoms with Gasteiger partial charge in [-0.1, -0.05) is 31.9 Å². The second-order valence-corrected chi connectivity index (χ2v) is 7.57. The fraction of sp³-hybridized carbons (Fsp3) is 0.619. The van der Waals surface area contributed by atoms with Crippen LogP contribution in [0.2, 0.25) is 0 Å². The van der Waals surface area contributed by atoms with Crippen molar-refractivity contribution in [3.63, 3.8) is 0 Å². The Morgan fingerprint density at radius 1 is 1.18 bits per heavy atom. The highest BCUT2D eigenvalue weighted by Crippen LogP contribution is 2.40. The highest BCUT2D eigenvalue weighted by atomic mass is 127. The van der Waals surface area contributed by atoms with Crippen LogP contribution < -0.4 is 15.4 Å². The van der Waals surface area contributed by atoms with Crippen LogP contribution in [0.3, 0.4) is 0 Å². The van der Waals surface area contributed by atoms with E-state index in [1.807, 2.05) is 24.3 Å². The van der Waals surface area contributed by atoms with Crippen molar-refractivity contribution in [1.29, 1.82) is 0 Å². The Balaban J connectivity index is 0.00000392. The number of ether oxygens (including phenoxy) is 1. The van der Waals surface area contributed by atoms with Crippen LogP contribution in [0.1, 0.15) is 44.6 Å². The second-order valence-electron chi connectivity index (χ2n) is 7.57. The molecule has 0 saturated heterocycles. The van der Waals surface area contributed by atoms with Crippen LogP contribution in [0.25, 0.3) is 0 Å². The maximum absolute atomic E-state index is 11.9. The van der Waals surface area contributed by atoms with Gasteiger partial charge in [-0.05, 0) is 42.4 Å². The van der Waals surface area contributed by atoms with E-state index in [4.69, 9.17) is 4.74 Å². The Bertz CT molecular complexity index is 626. The number of aliphatic imine (C=N–C) groups is 1. The minimum Gasteiger partial charge on any atom is -0.497 e. The summed E-state index contributed by atoms with van der Waals surface area (Å²) in [6.07, 6.45) is 6.31. The molecule has 0 unspecified atom stereocenters. The lowest BCUT2D eigenvalue weighted by molar-refractivity contribution is -0.127. The number of halogens is 1. The molecule has 1 aliphatic carbocycles. The smallest absolute Gasteiger partial charge is 0.241 e. The summed E-state index contributed by atoms with van der Waals surface area (Å²) in [4.78, 5) is 18.2. The van der Waals surface area contributed by atoms with Crippen LogP contribution in [0.15, 0.2) is 29.3 Å². The van der Waals surface area contributed by atoms with Gasteiger partial charge in [0.1, 0.15) is 5.75 Å². The number of carbonyl (C=O) groups excluding carboxylic acids is 1. The number of hydrogen-bond acceptors (Lipinski definition) is 3. The number of carbonyl (C=O) groups is 1. The molecule has 6 nitrogen and oxygen atoms in total. The van der Waals surface area contributed by atoms with Crippen molar-refractivity contribution in [2.45, 2.75) is 45.6 Å². The van der Waals surface area contributed by atoms with Crippen molar-refractivity contribution in [1.82, 2.24) is 15.5 Å². The van der Waals surface area contributed by atoms with Gasteiger partial charge in [0.2, 0.25) is 5.91 Å². The lowest BCUT2D eigenvalue weighted by Gasteiger charge is -2.28. The molecule has 7 heteroatoms. The van der Waals surface area contributed by atoms with Gasteiger partial charge in [0.25, 0.3) is 0 Å². The molecule has 2 N–H and O–H groups in total. The van der Waals surface area contributed by atoms with Crippen molar-refractivity contribution in [3.05, 3.63) is 29.8 Å². The molecule has 0 bridgehead atoms. The van der Waals surface area contributed by atoms with Crippen molar-refractivity contribution < 1.29 is 9.53 Å².